The smallest absolute Gasteiger partial charge is 0.137 e. The van der Waals surface area contributed by atoms with Crippen LogP contribution in [0.2, 0.25) is 5.02 Å². The summed E-state index contributed by atoms with van der Waals surface area (Å²) in [5, 5.41) is 11.7. The minimum absolute atomic E-state index is 0.502. The average Bonchev–Trinajstić information content (AvgIpc) is 2.68. The van der Waals surface area contributed by atoms with Gasteiger partial charge < -0.3 is 9.84 Å². The van der Waals surface area contributed by atoms with Crippen molar-refractivity contribution in [1.82, 2.24) is 4.98 Å². The van der Waals surface area contributed by atoms with Crippen LogP contribution in [0.15, 0.2) is 18.2 Å². The molecule has 1 heterocycles. The van der Waals surface area contributed by atoms with Crippen molar-refractivity contribution in [2.24, 2.45) is 0 Å². The number of thiazole rings is 1. The molecule has 19 heavy (non-hydrogen) atoms. The highest BCUT2D eigenvalue weighted by Gasteiger charge is 2.14. The van der Waals surface area contributed by atoms with Crippen LogP contribution in [0.25, 0.3) is 0 Å². The zero-order valence-corrected chi connectivity index (χ0v) is 12.7. The van der Waals surface area contributed by atoms with Gasteiger partial charge in [0.2, 0.25) is 0 Å². The number of hydrogen-bond acceptors (Lipinski definition) is 4. The maximum absolute atomic E-state index is 10.2. The summed E-state index contributed by atoms with van der Waals surface area (Å²) in [5.74, 6) is 0.610. The Hall–Kier alpha value is -1.10. The van der Waals surface area contributed by atoms with Gasteiger partial charge in [0.1, 0.15) is 5.75 Å². The average molecular weight is 298 g/mol. The number of ether oxygens (including phenoxy) is 1. The van der Waals surface area contributed by atoms with Crippen LogP contribution in [0.1, 0.15) is 27.2 Å². The summed E-state index contributed by atoms with van der Waals surface area (Å²) in [6, 6.07) is 5.32. The van der Waals surface area contributed by atoms with E-state index in [0.717, 1.165) is 16.3 Å². The van der Waals surface area contributed by atoms with Gasteiger partial charge in [0.15, 0.2) is 0 Å². The number of hydrogen-bond donors (Lipinski definition) is 1. The lowest BCUT2D eigenvalue weighted by atomic mass is 10.1. The van der Waals surface area contributed by atoms with Crippen molar-refractivity contribution in [2.45, 2.75) is 26.4 Å². The number of aromatic nitrogens is 1. The summed E-state index contributed by atoms with van der Waals surface area (Å²) in [4.78, 5) is 5.62. The van der Waals surface area contributed by atoms with Gasteiger partial charge in [-0.3, -0.25) is 0 Å². The number of benzene rings is 1. The van der Waals surface area contributed by atoms with Crippen molar-refractivity contribution >= 4 is 22.9 Å². The van der Waals surface area contributed by atoms with Gasteiger partial charge in [-0.1, -0.05) is 17.7 Å². The number of methoxy groups -OCH3 is 1. The van der Waals surface area contributed by atoms with E-state index >= 15 is 0 Å². The van der Waals surface area contributed by atoms with Crippen LogP contribution in [0, 0.1) is 13.8 Å². The van der Waals surface area contributed by atoms with Gasteiger partial charge >= 0.3 is 0 Å². The van der Waals surface area contributed by atoms with E-state index in [-0.39, 0.29) is 0 Å². The maximum Gasteiger partial charge on any atom is 0.137 e. The van der Waals surface area contributed by atoms with E-state index in [2.05, 4.69) is 4.98 Å². The lowest BCUT2D eigenvalue weighted by Crippen LogP contribution is -2.02. The first kappa shape index (κ1) is 14.3. The highest BCUT2D eigenvalue weighted by atomic mass is 35.5. The largest absolute Gasteiger partial charge is 0.495 e. The molecule has 0 radical (unpaired) electrons. The Bertz CT molecular complexity index is 563. The SMILES string of the molecule is COc1ccc(C(O)Cc2nc(C)c(C)s2)cc1Cl. The van der Waals surface area contributed by atoms with Crippen molar-refractivity contribution in [1.29, 1.82) is 0 Å². The third kappa shape index (κ3) is 3.26. The van der Waals surface area contributed by atoms with Gasteiger partial charge in [-0.05, 0) is 31.5 Å². The highest BCUT2D eigenvalue weighted by Crippen LogP contribution is 2.29. The van der Waals surface area contributed by atoms with Crippen LogP contribution in [0.4, 0.5) is 0 Å². The maximum atomic E-state index is 10.2. The number of rotatable bonds is 4. The number of aryl methyl sites for hydroxylation is 2. The lowest BCUT2D eigenvalue weighted by Gasteiger charge is -2.11. The molecule has 1 aromatic carbocycles. The Balaban J connectivity index is 2.15. The van der Waals surface area contributed by atoms with E-state index in [0.29, 0.717) is 17.2 Å². The standard InChI is InChI=1S/C14H16ClNO2S/c1-8-9(2)19-14(16-8)7-12(17)10-4-5-13(18-3)11(15)6-10/h4-6,12,17H,7H2,1-3H3. The van der Waals surface area contributed by atoms with Gasteiger partial charge in [0, 0.05) is 11.3 Å². The Morgan fingerprint density at radius 1 is 1.42 bits per heavy atom. The van der Waals surface area contributed by atoms with E-state index in [4.69, 9.17) is 16.3 Å². The molecule has 2 aromatic rings. The molecule has 0 aliphatic carbocycles. The Morgan fingerprint density at radius 3 is 2.68 bits per heavy atom. The molecule has 0 saturated carbocycles. The molecule has 0 spiro atoms. The fourth-order valence-electron chi connectivity index (χ4n) is 1.80. The second-order valence-electron chi connectivity index (χ2n) is 4.36. The quantitative estimate of drug-likeness (QED) is 0.935. The Labute approximate surface area is 121 Å². The van der Waals surface area contributed by atoms with Crippen LogP contribution >= 0.6 is 22.9 Å². The topological polar surface area (TPSA) is 42.4 Å². The molecule has 2 rings (SSSR count). The van der Waals surface area contributed by atoms with Crippen molar-refractivity contribution in [2.75, 3.05) is 7.11 Å². The van der Waals surface area contributed by atoms with Crippen molar-refractivity contribution in [3.8, 4) is 5.75 Å². The molecule has 0 saturated heterocycles. The summed E-state index contributed by atoms with van der Waals surface area (Å²) < 4.78 is 5.09. The van der Waals surface area contributed by atoms with E-state index in [1.54, 1.807) is 30.6 Å². The molecule has 1 N–H and O–H groups in total. The molecule has 5 heteroatoms. The lowest BCUT2D eigenvalue weighted by molar-refractivity contribution is 0.178. The third-order valence-corrected chi connectivity index (χ3v) is 4.39. The zero-order valence-electron chi connectivity index (χ0n) is 11.1. The molecular weight excluding hydrogens is 282 g/mol. The molecule has 0 aliphatic heterocycles. The van der Waals surface area contributed by atoms with E-state index in [9.17, 15) is 5.11 Å². The molecule has 1 unspecified atom stereocenters. The van der Waals surface area contributed by atoms with Crippen LogP contribution in [-0.4, -0.2) is 17.2 Å². The zero-order chi connectivity index (χ0) is 14.0. The van der Waals surface area contributed by atoms with Gasteiger partial charge in [0.25, 0.3) is 0 Å². The van der Waals surface area contributed by atoms with Gasteiger partial charge in [0.05, 0.1) is 28.9 Å². The second kappa shape index (κ2) is 5.90. The van der Waals surface area contributed by atoms with Gasteiger partial charge in [-0.15, -0.1) is 11.3 Å². The third-order valence-electron chi connectivity index (χ3n) is 3.00. The fraction of sp³-hybridized carbons (Fsp3) is 0.357. The van der Waals surface area contributed by atoms with Crippen molar-refractivity contribution in [3.63, 3.8) is 0 Å². The first-order chi connectivity index (χ1) is 9.01. The molecule has 0 aliphatic rings. The Kier molecular flexibility index (Phi) is 4.45. The van der Waals surface area contributed by atoms with Crippen LogP contribution < -0.4 is 4.74 Å². The van der Waals surface area contributed by atoms with Crippen LogP contribution in [-0.2, 0) is 6.42 Å². The number of aliphatic hydroxyl groups is 1. The van der Waals surface area contributed by atoms with E-state index in [1.807, 2.05) is 19.9 Å². The minimum atomic E-state index is -0.603. The predicted octanol–water partition coefficient (Wildman–Crippen LogP) is 3.70. The first-order valence-corrected chi connectivity index (χ1v) is 7.15. The number of halogens is 1. The van der Waals surface area contributed by atoms with Crippen LogP contribution in [0.5, 0.6) is 5.75 Å². The highest BCUT2D eigenvalue weighted by molar-refractivity contribution is 7.11. The van der Waals surface area contributed by atoms with Crippen molar-refractivity contribution < 1.29 is 9.84 Å². The molecule has 0 bridgehead atoms. The van der Waals surface area contributed by atoms with E-state index < -0.39 is 6.10 Å². The number of nitrogens with zero attached hydrogens (tertiary/aromatic N) is 1. The Morgan fingerprint density at radius 2 is 2.16 bits per heavy atom. The van der Waals surface area contributed by atoms with Gasteiger partial charge in [-0.25, -0.2) is 4.98 Å². The fourth-order valence-corrected chi connectivity index (χ4v) is 3.04. The summed E-state index contributed by atoms with van der Waals surface area (Å²) in [5.41, 5.74) is 1.80. The molecule has 0 fully saturated rings. The first-order valence-electron chi connectivity index (χ1n) is 5.95. The van der Waals surface area contributed by atoms with Crippen molar-refractivity contribution in [3.05, 3.63) is 44.4 Å². The van der Waals surface area contributed by atoms with Crippen LogP contribution in [0.3, 0.4) is 0 Å². The van der Waals surface area contributed by atoms with E-state index in [1.165, 1.54) is 4.88 Å². The molecule has 0 amide bonds. The summed E-state index contributed by atoms with van der Waals surface area (Å²) in [6.07, 6.45) is -0.101. The minimum Gasteiger partial charge on any atom is -0.495 e. The summed E-state index contributed by atoms with van der Waals surface area (Å²) >= 11 is 7.68. The van der Waals surface area contributed by atoms with Gasteiger partial charge in [-0.2, -0.15) is 0 Å². The molecule has 1 aromatic heterocycles. The molecule has 102 valence electrons. The normalized spacial score (nSPS) is 12.5. The monoisotopic (exact) mass is 297 g/mol. The number of aliphatic hydroxyl groups excluding tert-OH is 1. The second-order valence-corrected chi connectivity index (χ2v) is 6.06. The summed E-state index contributed by atoms with van der Waals surface area (Å²) in [6.45, 7) is 4.01. The molecule has 1 atom stereocenters. The molecule has 3 nitrogen and oxygen atoms in total. The molecular formula is C14H16ClNO2S. The summed E-state index contributed by atoms with van der Waals surface area (Å²) in [7, 11) is 1.57. The predicted molar refractivity (Wildman–Crippen MR) is 78.3 cm³/mol.